The minimum atomic E-state index is -3.56. The largest absolute Gasteiger partial charge is 0.392 e. The zero-order chi connectivity index (χ0) is 20.1. The molecule has 144 valence electrons. The highest BCUT2D eigenvalue weighted by atomic mass is 32.2. The van der Waals surface area contributed by atoms with Crippen molar-refractivity contribution in [1.29, 1.82) is 0 Å². The molecule has 0 aliphatic carbocycles. The van der Waals surface area contributed by atoms with Crippen LogP contribution in [0.25, 0.3) is 5.57 Å². The van der Waals surface area contributed by atoms with Crippen LogP contribution in [0.5, 0.6) is 0 Å². The first-order chi connectivity index (χ1) is 12.0. The minimum Gasteiger partial charge on any atom is -0.392 e. The number of hydrogen-bond acceptors (Lipinski definition) is 5. The maximum atomic E-state index is 13.4. The molecule has 8 heteroatoms. The Bertz CT molecular complexity index is 830. The van der Waals surface area contributed by atoms with E-state index in [1.165, 1.54) is 25.3 Å². The highest BCUT2D eigenvalue weighted by molar-refractivity contribution is 7.92. The van der Waals surface area contributed by atoms with Crippen molar-refractivity contribution in [3.8, 4) is 0 Å². The first-order valence-corrected chi connectivity index (χ1v) is 9.99. The van der Waals surface area contributed by atoms with Gasteiger partial charge in [-0.15, -0.1) is 0 Å². The van der Waals surface area contributed by atoms with E-state index in [-0.39, 0.29) is 18.5 Å². The summed E-state index contributed by atoms with van der Waals surface area (Å²) in [5.74, 6) is -0.234. The van der Waals surface area contributed by atoms with Gasteiger partial charge in [-0.05, 0) is 30.9 Å². The number of halogens is 1. The normalized spacial score (nSPS) is 12.8. The van der Waals surface area contributed by atoms with Crippen LogP contribution in [0, 0.1) is 5.92 Å². The molecule has 0 unspecified atom stereocenters. The lowest BCUT2D eigenvalue weighted by Crippen LogP contribution is -2.28. The number of aromatic nitrogens is 2. The van der Waals surface area contributed by atoms with Gasteiger partial charge in [-0.25, -0.2) is 27.1 Å². The maximum absolute atomic E-state index is 13.4. The standard InChI is InChI=1S/C18H26FN3O3S/c1-7-14(19)9-8-13(4)17-15(11-23)16(10-12(2)3)20-18(21-17)22(5)26(6,24)25/h7-9,12,23H,4,10-11H2,1-3,5-6H3/b9-8-,14-7+. The summed E-state index contributed by atoms with van der Waals surface area (Å²) >= 11 is 0. The lowest BCUT2D eigenvalue weighted by atomic mass is 9.99. The number of allylic oxidation sites excluding steroid dienone is 5. The maximum Gasteiger partial charge on any atom is 0.239 e. The summed E-state index contributed by atoms with van der Waals surface area (Å²) in [5.41, 5.74) is 1.64. The summed E-state index contributed by atoms with van der Waals surface area (Å²) in [6.07, 6.45) is 5.53. The van der Waals surface area contributed by atoms with E-state index in [1.54, 1.807) is 6.92 Å². The summed E-state index contributed by atoms with van der Waals surface area (Å²) in [7, 11) is -2.21. The second kappa shape index (κ2) is 9.05. The first kappa shape index (κ1) is 22.0. The zero-order valence-corrected chi connectivity index (χ0v) is 16.6. The fourth-order valence-electron chi connectivity index (χ4n) is 2.15. The van der Waals surface area contributed by atoms with E-state index in [2.05, 4.69) is 16.5 Å². The van der Waals surface area contributed by atoms with Crippen LogP contribution in [0.2, 0.25) is 0 Å². The number of anilines is 1. The Labute approximate surface area is 154 Å². The highest BCUT2D eigenvalue weighted by Gasteiger charge is 2.21. The molecule has 0 aliphatic heterocycles. The molecule has 1 rings (SSSR count). The Morgan fingerprint density at radius 2 is 1.96 bits per heavy atom. The van der Waals surface area contributed by atoms with E-state index in [4.69, 9.17) is 0 Å². The first-order valence-electron chi connectivity index (χ1n) is 8.14. The molecule has 0 aromatic carbocycles. The molecule has 0 fully saturated rings. The van der Waals surface area contributed by atoms with Gasteiger partial charge < -0.3 is 5.11 Å². The second-order valence-electron chi connectivity index (χ2n) is 6.32. The van der Waals surface area contributed by atoms with Crippen molar-refractivity contribution >= 4 is 21.5 Å². The van der Waals surface area contributed by atoms with Crippen LogP contribution >= 0.6 is 0 Å². The summed E-state index contributed by atoms with van der Waals surface area (Å²) in [6, 6.07) is 0. The lowest BCUT2D eigenvalue weighted by Gasteiger charge is -2.20. The van der Waals surface area contributed by atoms with Crippen molar-refractivity contribution in [2.45, 2.75) is 33.8 Å². The fraction of sp³-hybridized carbons (Fsp3) is 0.444. The number of sulfonamides is 1. The smallest absolute Gasteiger partial charge is 0.239 e. The predicted molar refractivity (Wildman–Crippen MR) is 103 cm³/mol. The molecule has 0 amide bonds. The summed E-state index contributed by atoms with van der Waals surface area (Å²) in [6.45, 7) is 9.07. The summed E-state index contributed by atoms with van der Waals surface area (Å²) in [5, 5.41) is 9.81. The average Bonchev–Trinajstić information content (AvgIpc) is 2.56. The van der Waals surface area contributed by atoms with E-state index in [0.717, 1.165) is 10.6 Å². The van der Waals surface area contributed by atoms with Crippen LogP contribution in [0.1, 0.15) is 37.7 Å². The third-order valence-electron chi connectivity index (χ3n) is 3.64. The van der Waals surface area contributed by atoms with Gasteiger partial charge in [0.05, 0.1) is 24.3 Å². The Balaban J connectivity index is 3.59. The number of hydrogen-bond donors (Lipinski definition) is 1. The van der Waals surface area contributed by atoms with Crippen LogP contribution in [-0.4, -0.2) is 36.8 Å². The number of nitrogens with zero attached hydrogens (tertiary/aromatic N) is 3. The third kappa shape index (κ3) is 5.74. The number of aliphatic hydroxyl groups excluding tert-OH is 1. The molecule has 1 aromatic rings. The SMILES string of the molecule is C=C(/C=C\C(F)=C/C)c1nc(N(C)S(C)(=O)=O)nc(CC(C)C)c1CO. The monoisotopic (exact) mass is 383 g/mol. The molecule has 0 aliphatic rings. The number of rotatable bonds is 8. The van der Waals surface area contributed by atoms with Gasteiger partial charge in [0, 0.05) is 12.6 Å². The van der Waals surface area contributed by atoms with Gasteiger partial charge in [0.1, 0.15) is 5.83 Å². The molecule has 0 spiro atoms. The molecule has 26 heavy (non-hydrogen) atoms. The van der Waals surface area contributed by atoms with Crippen LogP contribution in [0.4, 0.5) is 10.3 Å². The second-order valence-corrected chi connectivity index (χ2v) is 8.33. The molecule has 0 bridgehead atoms. The Hall–Kier alpha value is -2.06. The quantitative estimate of drug-likeness (QED) is 0.698. The molecule has 1 N–H and O–H groups in total. The van der Waals surface area contributed by atoms with Gasteiger partial charge >= 0.3 is 0 Å². The van der Waals surface area contributed by atoms with Gasteiger partial charge in [0.15, 0.2) is 0 Å². The van der Waals surface area contributed by atoms with Crippen molar-refractivity contribution in [3.63, 3.8) is 0 Å². The molecule has 0 saturated carbocycles. The average molecular weight is 383 g/mol. The Morgan fingerprint density at radius 3 is 2.42 bits per heavy atom. The van der Waals surface area contributed by atoms with Gasteiger partial charge in [-0.2, -0.15) is 0 Å². The van der Waals surface area contributed by atoms with E-state index in [1.807, 2.05) is 13.8 Å². The predicted octanol–water partition coefficient (Wildman–Crippen LogP) is 3.01. The van der Waals surface area contributed by atoms with Crippen molar-refractivity contribution in [3.05, 3.63) is 47.6 Å². The molecule has 0 radical (unpaired) electrons. The summed E-state index contributed by atoms with van der Waals surface area (Å²) in [4.78, 5) is 8.59. The van der Waals surface area contributed by atoms with E-state index >= 15 is 0 Å². The molecule has 6 nitrogen and oxygen atoms in total. The Morgan fingerprint density at radius 1 is 1.35 bits per heavy atom. The van der Waals surface area contributed by atoms with Gasteiger partial charge in [0.2, 0.25) is 16.0 Å². The molecule has 0 atom stereocenters. The number of aliphatic hydroxyl groups is 1. The van der Waals surface area contributed by atoms with Crippen LogP contribution in [-0.2, 0) is 23.1 Å². The summed E-state index contributed by atoms with van der Waals surface area (Å²) < 4.78 is 38.0. The topological polar surface area (TPSA) is 83.4 Å². The van der Waals surface area contributed by atoms with Crippen molar-refractivity contribution in [1.82, 2.24) is 9.97 Å². The van der Waals surface area contributed by atoms with Crippen molar-refractivity contribution in [2.24, 2.45) is 5.92 Å². The third-order valence-corrected chi connectivity index (χ3v) is 4.80. The molecule has 1 heterocycles. The molecular formula is C18H26FN3O3S. The van der Waals surface area contributed by atoms with Gasteiger partial charge in [-0.3, -0.25) is 0 Å². The van der Waals surface area contributed by atoms with E-state index < -0.39 is 15.9 Å². The van der Waals surface area contributed by atoms with E-state index in [9.17, 15) is 17.9 Å². The fourth-order valence-corrected chi connectivity index (χ4v) is 2.53. The highest BCUT2D eigenvalue weighted by Crippen LogP contribution is 2.25. The lowest BCUT2D eigenvalue weighted by molar-refractivity contribution is 0.278. The molecule has 0 saturated heterocycles. The molecule has 1 aromatic heterocycles. The van der Waals surface area contributed by atoms with Crippen LogP contribution in [0.3, 0.4) is 0 Å². The van der Waals surface area contributed by atoms with Gasteiger partial charge in [-0.1, -0.05) is 32.6 Å². The molecular weight excluding hydrogens is 357 g/mol. The minimum absolute atomic E-state index is 0.0172. The van der Waals surface area contributed by atoms with Crippen LogP contribution < -0.4 is 4.31 Å². The zero-order valence-electron chi connectivity index (χ0n) is 15.8. The Kier molecular flexibility index (Phi) is 7.65. The van der Waals surface area contributed by atoms with Crippen molar-refractivity contribution in [2.75, 3.05) is 17.6 Å². The van der Waals surface area contributed by atoms with Crippen molar-refractivity contribution < 1.29 is 17.9 Å². The van der Waals surface area contributed by atoms with E-state index in [0.29, 0.717) is 28.9 Å². The van der Waals surface area contributed by atoms with Gasteiger partial charge in [0.25, 0.3) is 0 Å². The van der Waals surface area contributed by atoms with Crippen LogP contribution in [0.15, 0.2) is 30.6 Å².